The van der Waals surface area contributed by atoms with Crippen molar-refractivity contribution in [2.45, 2.75) is 6.04 Å². The molecule has 32 heavy (non-hydrogen) atoms. The van der Waals surface area contributed by atoms with Gasteiger partial charge in [-0.25, -0.2) is 4.79 Å². The van der Waals surface area contributed by atoms with E-state index in [4.69, 9.17) is 14.2 Å². The summed E-state index contributed by atoms with van der Waals surface area (Å²) in [5, 5.41) is 5.59. The lowest BCUT2D eigenvalue weighted by atomic mass is 10.0. The standard InChI is InChI=1S/C23H29N3O6/c1-29-20-9-6-17(14-21(20)30-2)19(26-10-12-32-13-11-26)15-24-22(27)16-4-7-18(8-5-16)25-23(28)31-3/h4-9,14,19H,10-13,15H2,1-3H3,(H,24,27)(H,25,28)/t19-/m0/s1. The van der Waals surface area contributed by atoms with Crippen LogP contribution >= 0.6 is 0 Å². The molecule has 9 heteroatoms. The Hall–Kier alpha value is -3.30. The SMILES string of the molecule is COC(=O)Nc1ccc(C(=O)NC[C@@H](c2ccc(OC)c(OC)c2)N2CCOCC2)cc1. The van der Waals surface area contributed by atoms with Gasteiger partial charge in [0.25, 0.3) is 5.91 Å². The lowest BCUT2D eigenvalue weighted by Gasteiger charge is -2.35. The molecule has 1 heterocycles. The maximum atomic E-state index is 12.8. The van der Waals surface area contributed by atoms with Crippen molar-refractivity contribution in [1.82, 2.24) is 10.2 Å². The molecule has 3 rings (SSSR count). The second-order valence-corrected chi connectivity index (χ2v) is 7.18. The Balaban J connectivity index is 1.72. The Morgan fingerprint density at radius 1 is 1.00 bits per heavy atom. The van der Waals surface area contributed by atoms with Crippen LogP contribution in [-0.2, 0) is 9.47 Å². The van der Waals surface area contributed by atoms with Gasteiger partial charge in [0.15, 0.2) is 11.5 Å². The van der Waals surface area contributed by atoms with Crippen molar-refractivity contribution in [3.05, 3.63) is 53.6 Å². The van der Waals surface area contributed by atoms with Crippen molar-refractivity contribution in [3.8, 4) is 11.5 Å². The summed E-state index contributed by atoms with van der Waals surface area (Å²) in [6, 6.07) is 12.4. The Kier molecular flexibility index (Phi) is 8.29. The fourth-order valence-corrected chi connectivity index (χ4v) is 3.57. The molecule has 1 fully saturated rings. The Morgan fingerprint density at radius 2 is 1.69 bits per heavy atom. The summed E-state index contributed by atoms with van der Waals surface area (Å²) < 4.78 is 20.9. The molecule has 0 aliphatic carbocycles. The average Bonchev–Trinajstić information content (AvgIpc) is 2.84. The molecule has 0 bridgehead atoms. The zero-order chi connectivity index (χ0) is 22.9. The van der Waals surface area contributed by atoms with E-state index in [0.717, 1.165) is 18.7 Å². The first-order valence-corrected chi connectivity index (χ1v) is 10.3. The van der Waals surface area contributed by atoms with Gasteiger partial charge in [-0.05, 0) is 42.0 Å². The van der Waals surface area contributed by atoms with Crippen LogP contribution < -0.4 is 20.1 Å². The lowest BCUT2D eigenvalue weighted by molar-refractivity contribution is 0.0162. The van der Waals surface area contributed by atoms with Crippen LogP contribution in [-0.4, -0.2) is 71.1 Å². The summed E-state index contributed by atoms with van der Waals surface area (Å²) in [6.07, 6.45) is -0.564. The number of nitrogens with one attached hydrogen (secondary N) is 2. The van der Waals surface area contributed by atoms with Crippen LogP contribution in [0.5, 0.6) is 11.5 Å². The van der Waals surface area contributed by atoms with E-state index in [1.54, 1.807) is 38.5 Å². The third kappa shape index (κ3) is 5.89. The number of carbonyl (C=O) groups excluding carboxylic acids is 2. The number of nitrogens with zero attached hydrogens (tertiary/aromatic N) is 1. The maximum absolute atomic E-state index is 12.8. The van der Waals surface area contributed by atoms with Crippen molar-refractivity contribution in [3.63, 3.8) is 0 Å². The van der Waals surface area contributed by atoms with E-state index in [-0.39, 0.29) is 11.9 Å². The summed E-state index contributed by atoms with van der Waals surface area (Å²) in [5.41, 5.74) is 2.06. The van der Waals surface area contributed by atoms with Crippen LogP contribution in [0.2, 0.25) is 0 Å². The molecule has 1 atom stereocenters. The molecule has 0 radical (unpaired) electrons. The molecular formula is C23H29N3O6. The number of anilines is 1. The van der Waals surface area contributed by atoms with Gasteiger partial charge in [0.1, 0.15) is 0 Å². The van der Waals surface area contributed by atoms with Crippen molar-refractivity contribution in [2.75, 3.05) is 59.5 Å². The zero-order valence-corrected chi connectivity index (χ0v) is 18.6. The fourth-order valence-electron chi connectivity index (χ4n) is 3.57. The minimum atomic E-state index is -0.564. The van der Waals surface area contributed by atoms with Crippen molar-refractivity contribution < 1.29 is 28.5 Å². The first-order chi connectivity index (χ1) is 15.5. The molecule has 1 aliphatic rings. The number of methoxy groups -OCH3 is 3. The Morgan fingerprint density at radius 3 is 2.31 bits per heavy atom. The van der Waals surface area contributed by atoms with E-state index in [0.29, 0.717) is 42.5 Å². The topological polar surface area (TPSA) is 98.4 Å². The van der Waals surface area contributed by atoms with Gasteiger partial charge in [0.2, 0.25) is 0 Å². The summed E-state index contributed by atoms with van der Waals surface area (Å²) >= 11 is 0. The largest absolute Gasteiger partial charge is 0.493 e. The lowest BCUT2D eigenvalue weighted by Crippen LogP contribution is -2.43. The highest BCUT2D eigenvalue weighted by Gasteiger charge is 2.24. The number of amides is 2. The van der Waals surface area contributed by atoms with Crippen molar-refractivity contribution in [1.29, 1.82) is 0 Å². The van der Waals surface area contributed by atoms with Gasteiger partial charge < -0.3 is 24.3 Å². The summed E-state index contributed by atoms with van der Waals surface area (Å²) in [6.45, 7) is 3.24. The summed E-state index contributed by atoms with van der Waals surface area (Å²) in [5.74, 6) is 1.10. The molecule has 0 saturated carbocycles. The van der Waals surface area contributed by atoms with Crippen molar-refractivity contribution >= 4 is 17.7 Å². The predicted molar refractivity (Wildman–Crippen MR) is 119 cm³/mol. The highest BCUT2D eigenvalue weighted by atomic mass is 16.5. The molecule has 2 aromatic carbocycles. The highest BCUT2D eigenvalue weighted by molar-refractivity contribution is 5.95. The summed E-state index contributed by atoms with van der Waals surface area (Å²) in [4.78, 5) is 26.4. The molecule has 172 valence electrons. The van der Waals surface area contributed by atoms with E-state index in [9.17, 15) is 9.59 Å². The Labute approximate surface area is 187 Å². The third-order valence-corrected chi connectivity index (χ3v) is 5.31. The number of hydrogen-bond donors (Lipinski definition) is 2. The van der Waals surface area contributed by atoms with Crippen molar-refractivity contribution in [2.24, 2.45) is 0 Å². The third-order valence-electron chi connectivity index (χ3n) is 5.31. The van der Waals surface area contributed by atoms with Crippen LogP contribution in [0, 0.1) is 0 Å². The van der Waals surface area contributed by atoms with E-state index < -0.39 is 6.09 Å². The molecule has 0 aromatic heterocycles. The smallest absolute Gasteiger partial charge is 0.411 e. The van der Waals surface area contributed by atoms with Crippen LogP contribution in [0.1, 0.15) is 22.0 Å². The zero-order valence-electron chi connectivity index (χ0n) is 18.6. The molecule has 2 aromatic rings. The molecule has 2 N–H and O–H groups in total. The molecule has 1 saturated heterocycles. The predicted octanol–water partition coefficient (Wildman–Crippen LogP) is 2.69. The van der Waals surface area contributed by atoms with Gasteiger partial charge in [-0.1, -0.05) is 6.07 Å². The molecule has 0 unspecified atom stereocenters. The van der Waals surface area contributed by atoms with Crippen LogP contribution in [0.3, 0.4) is 0 Å². The number of carbonyl (C=O) groups is 2. The molecular weight excluding hydrogens is 414 g/mol. The number of hydrogen-bond acceptors (Lipinski definition) is 7. The maximum Gasteiger partial charge on any atom is 0.411 e. The van der Waals surface area contributed by atoms with Gasteiger partial charge in [0, 0.05) is 30.9 Å². The molecule has 1 aliphatic heterocycles. The van der Waals surface area contributed by atoms with Gasteiger partial charge in [0.05, 0.1) is 40.6 Å². The van der Waals surface area contributed by atoms with E-state index >= 15 is 0 Å². The van der Waals surface area contributed by atoms with Gasteiger partial charge in [-0.2, -0.15) is 0 Å². The van der Waals surface area contributed by atoms with Gasteiger partial charge in [-0.3, -0.25) is 15.0 Å². The number of rotatable bonds is 8. The van der Waals surface area contributed by atoms with E-state index in [1.807, 2.05) is 18.2 Å². The minimum Gasteiger partial charge on any atom is -0.493 e. The Bertz CT molecular complexity index is 912. The fraction of sp³-hybridized carbons (Fsp3) is 0.391. The van der Waals surface area contributed by atoms with Crippen LogP contribution in [0.25, 0.3) is 0 Å². The van der Waals surface area contributed by atoms with Crippen LogP contribution in [0.4, 0.5) is 10.5 Å². The summed E-state index contributed by atoms with van der Waals surface area (Å²) in [7, 11) is 4.50. The second-order valence-electron chi connectivity index (χ2n) is 7.18. The first kappa shape index (κ1) is 23.4. The minimum absolute atomic E-state index is 0.0529. The number of benzene rings is 2. The van der Waals surface area contributed by atoms with Gasteiger partial charge in [-0.15, -0.1) is 0 Å². The monoisotopic (exact) mass is 443 g/mol. The number of morpholine rings is 1. The van der Waals surface area contributed by atoms with E-state index in [1.165, 1.54) is 7.11 Å². The quantitative estimate of drug-likeness (QED) is 0.647. The molecule has 0 spiro atoms. The highest BCUT2D eigenvalue weighted by Crippen LogP contribution is 2.32. The van der Waals surface area contributed by atoms with Crippen LogP contribution in [0.15, 0.2) is 42.5 Å². The van der Waals surface area contributed by atoms with E-state index in [2.05, 4.69) is 20.3 Å². The molecule has 9 nitrogen and oxygen atoms in total. The first-order valence-electron chi connectivity index (χ1n) is 10.3. The molecule has 2 amide bonds. The number of ether oxygens (including phenoxy) is 4. The average molecular weight is 444 g/mol. The normalized spacial score (nSPS) is 14.8. The second kappa shape index (κ2) is 11.4. The van der Waals surface area contributed by atoms with Gasteiger partial charge >= 0.3 is 6.09 Å².